The minimum absolute atomic E-state index is 0.274. The minimum atomic E-state index is -0.439. The molecule has 6 nitrogen and oxygen atoms in total. The lowest BCUT2D eigenvalue weighted by Crippen LogP contribution is -2.20. The van der Waals surface area contributed by atoms with E-state index in [1.807, 2.05) is 37.3 Å². The van der Waals surface area contributed by atoms with Crippen LogP contribution in [0.25, 0.3) is 10.8 Å². The highest BCUT2D eigenvalue weighted by atomic mass is 16.5. The molecule has 0 radical (unpaired) electrons. The van der Waals surface area contributed by atoms with Crippen molar-refractivity contribution in [3.8, 4) is 5.75 Å². The van der Waals surface area contributed by atoms with Gasteiger partial charge in [0.25, 0.3) is 5.91 Å². The number of ether oxygens (including phenoxy) is 2. The van der Waals surface area contributed by atoms with Crippen molar-refractivity contribution >= 4 is 34.6 Å². The lowest BCUT2D eigenvalue weighted by Gasteiger charge is -2.11. The SMILES string of the molecule is CCCOC(=O)c1cccc(NC(=O)COc2ccc3ccccc3c2C=O)c1. The molecule has 0 saturated carbocycles. The van der Waals surface area contributed by atoms with Crippen LogP contribution in [0.1, 0.15) is 34.1 Å². The molecular formula is C23H21NO5. The number of hydrogen-bond donors (Lipinski definition) is 1. The van der Waals surface area contributed by atoms with E-state index in [-0.39, 0.29) is 6.61 Å². The average molecular weight is 391 g/mol. The quantitative estimate of drug-likeness (QED) is 0.459. The van der Waals surface area contributed by atoms with E-state index in [0.717, 1.165) is 23.5 Å². The van der Waals surface area contributed by atoms with Crippen LogP contribution in [0.4, 0.5) is 5.69 Å². The molecule has 6 heteroatoms. The monoisotopic (exact) mass is 391 g/mol. The zero-order valence-corrected chi connectivity index (χ0v) is 16.0. The molecule has 0 saturated heterocycles. The molecule has 0 aliphatic carbocycles. The van der Waals surface area contributed by atoms with Crippen molar-refractivity contribution in [2.45, 2.75) is 13.3 Å². The fourth-order valence-corrected chi connectivity index (χ4v) is 2.87. The Morgan fingerprint density at radius 1 is 1.03 bits per heavy atom. The lowest BCUT2D eigenvalue weighted by atomic mass is 10.0. The van der Waals surface area contributed by atoms with Gasteiger partial charge < -0.3 is 14.8 Å². The van der Waals surface area contributed by atoms with Gasteiger partial charge in [0.05, 0.1) is 17.7 Å². The first-order chi connectivity index (χ1) is 14.1. The van der Waals surface area contributed by atoms with Crippen molar-refractivity contribution in [1.82, 2.24) is 0 Å². The highest BCUT2D eigenvalue weighted by Gasteiger charge is 2.12. The summed E-state index contributed by atoms with van der Waals surface area (Å²) in [7, 11) is 0. The number of hydrogen-bond acceptors (Lipinski definition) is 5. The largest absolute Gasteiger partial charge is 0.483 e. The van der Waals surface area contributed by atoms with Crippen molar-refractivity contribution in [3.63, 3.8) is 0 Å². The van der Waals surface area contributed by atoms with E-state index in [1.165, 1.54) is 0 Å². The Labute approximate surface area is 168 Å². The summed E-state index contributed by atoms with van der Waals surface area (Å²) in [6.07, 6.45) is 1.46. The molecule has 0 aliphatic rings. The van der Waals surface area contributed by atoms with Gasteiger partial charge in [0, 0.05) is 5.69 Å². The molecule has 3 aromatic carbocycles. The topological polar surface area (TPSA) is 81.7 Å². The molecule has 3 rings (SSSR count). The molecule has 1 N–H and O–H groups in total. The Morgan fingerprint density at radius 3 is 2.66 bits per heavy atom. The van der Waals surface area contributed by atoms with E-state index in [4.69, 9.17) is 9.47 Å². The van der Waals surface area contributed by atoms with Crippen LogP contribution in [0.15, 0.2) is 60.7 Å². The zero-order chi connectivity index (χ0) is 20.6. The van der Waals surface area contributed by atoms with Gasteiger partial charge in [0.2, 0.25) is 0 Å². The minimum Gasteiger partial charge on any atom is -0.483 e. The number of carbonyl (C=O) groups is 3. The Morgan fingerprint density at radius 2 is 1.86 bits per heavy atom. The Bertz CT molecular complexity index is 1040. The summed E-state index contributed by atoms with van der Waals surface area (Å²) in [5.41, 5.74) is 1.21. The van der Waals surface area contributed by atoms with Crippen LogP contribution in [-0.4, -0.2) is 31.4 Å². The van der Waals surface area contributed by atoms with E-state index < -0.39 is 11.9 Å². The van der Waals surface area contributed by atoms with Crippen molar-refractivity contribution in [2.24, 2.45) is 0 Å². The van der Waals surface area contributed by atoms with E-state index in [2.05, 4.69) is 5.32 Å². The predicted molar refractivity (Wildman–Crippen MR) is 110 cm³/mol. The zero-order valence-electron chi connectivity index (χ0n) is 16.0. The number of benzene rings is 3. The molecule has 0 aliphatic heterocycles. The van der Waals surface area contributed by atoms with Gasteiger partial charge in [-0.3, -0.25) is 9.59 Å². The maximum atomic E-state index is 12.3. The first kappa shape index (κ1) is 20.1. The van der Waals surface area contributed by atoms with Gasteiger partial charge in [-0.1, -0.05) is 43.3 Å². The predicted octanol–water partition coefficient (Wildman–Crippen LogP) is 4.24. The van der Waals surface area contributed by atoms with Gasteiger partial charge in [-0.2, -0.15) is 0 Å². The molecule has 29 heavy (non-hydrogen) atoms. The fourth-order valence-electron chi connectivity index (χ4n) is 2.87. The molecule has 3 aromatic rings. The first-order valence-electron chi connectivity index (χ1n) is 9.29. The number of nitrogens with one attached hydrogen (secondary N) is 1. The summed E-state index contributed by atoms with van der Waals surface area (Å²) >= 11 is 0. The highest BCUT2D eigenvalue weighted by Crippen LogP contribution is 2.26. The summed E-state index contributed by atoms with van der Waals surface area (Å²) in [5.74, 6) is -0.509. The van der Waals surface area contributed by atoms with Crippen LogP contribution in [0, 0.1) is 0 Å². The van der Waals surface area contributed by atoms with Crippen LogP contribution in [0.3, 0.4) is 0 Å². The molecule has 1 amide bonds. The summed E-state index contributed by atoms with van der Waals surface area (Å²) in [6.45, 7) is 1.98. The summed E-state index contributed by atoms with van der Waals surface area (Å²) in [6, 6.07) is 17.4. The number of fused-ring (bicyclic) bond motifs is 1. The van der Waals surface area contributed by atoms with Crippen molar-refractivity contribution in [2.75, 3.05) is 18.5 Å². The van der Waals surface area contributed by atoms with Gasteiger partial charge in [0.1, 0.15) is 5.75 Å². The van der Waals surface area contributed by atoms with Gasteiger partial charge >= 0.3 is 5.97 Å². The average Bonchev–Trinajstić information content (AvgIpc) is 2.75. The molecule has 0 unspecified atom stereocenters. The first-order valence-corrected chi connectivity index (χ1v) is 9.29. The molecule has 0 aromatic heterocycles. The van der Waals surface area contributed by atoms with Gasteiger partial charge in [-0.15, -0.1) is 0 Å². The van der Waals surface area contributed by atoms with E-state index >= 15 is 0 Å². The maximum absolute atomic E-state index is 12.3. The molecule has 0 fully saturated rings. The number of rotatable bonds is 8. The van der Waals surface area contributed by atoms with E-state index in [9.17, 15) is 14.4 Å². The molecule has 0 spiro atoms. The number of esters is 1. The third kappa shape index (κ3) is 4.99. The normalized spacial score (nSPS) is 10.4. The van der Waals surface area contributed by atoms with Gasteiger partial charge in [0.15, 0.2) is 12.9 Å². The maximum Gasteiger partial charge on any atom is 0.338 e. The Balaban J connectivity index is 1.66. The molecule has 0 bridgehead atoms. The van der Waals surface area contributed by atoms with Crippen LogP contribution >= 0.6 is 0 Å². The third-order valence-corrected chi connectivity index (χ3v) is 4.23. The summed E-state index contributed by atoms with van der Waals surface area (Å²) in [5, 5.41) is 4.36. The third-order valence-electron chi connectivity index (χ3n) is 4.23. The standard InChI is InChI=1S/C23H21NO5/c1-2-12-28-23(27)17-7-5-8-18(13-17)24-22(26)15-29-21-11-10-16-6-3-4-9-19(16)20(21)14-25/h3-11,13-14H,2,12,15H2,1H3,(H,24,26). The van der Waals surface area contributed by atoms with Crippen molar-refractivity contribution in [1.29, 1.82) is 0 Å². The molecule has 0 atom stereocenters. The van der Waals surface area contributed by atoms with E-state index in [1.54, 1.807) is 30.3 Å². The number of anilines is 1. The Kier molecular flexibility index (Phi) is 6.58. The molecule has 148 valence electrons. The summed E-state index contributed by atoms with van der Waals surface area (Å²) < 4.78 is 10.7. The highest BCUT2D eigenvalue weighted by molar-refractivity contribution is 6.01. The Hall–Kier alpha value is -3.67. The second kappa shape index (κ2) is 9.50. The van der Waals surface area contributed by atoms with E-state index in [0.29, 0.717) is 29.2 Å². The lowest BCUT2D eigenvalue weighted by molar-refractivity contribution is -0.118. The van der Waals surface area contributed by atoms with Crippen LogP contribution < -0.4 is 10.1 Å². The van der Waals surface area contributed by atoms with Crippen LogP contribution in [0.2, 0.25) is 0 Å². The van der Waals surface area contributed by atoms with Crippen LogP contribution in [0.5, 0.6) is 5.75 Å². The fraction of sp³-hybridized carbons (Fsp3) is 0.174. The van der Waals surface area contributed by atoms with Crippen LogP contribution in [-0.2, 0) is 9.53 Å². The number of amides is 1. The van der Waals surface area contributed by atoms with Crippen molar-refractivity contribution < 1.29 is 23.9 Å². The number of aldehydes is 1. The van der Waals surface area contributed by atoms with Gasteiger partial charge in [-0.05, 0) is 41.5 Å². The molecule has 0 heterocycles. The number of carbonyl (C=O) groups excluding carboxylic acids is 3. The van der Waals surface area contributed by atoms with Gasteiger partial charge in [-0.25, -0.2) is 4.79 Å². The molecular weight excluding hydrogens is 370 g/mol. The van der Waals surface area contributed by atoms with Crippen molar-refractivity contribution in [3.05, 3.63) is 71.8 Å². The second-order valence-corrected chi connectivity index (χ2v) is 6.37. The summed E-state index contributed by atoms with van der Waals surface area (Å²) in [4.78, 5) is 35.7. The second-order valence-electron chi connectivity index (χ2n) is 6.37. The smallest absolute Gasteiger partial charge is 0.338 e.